The van der Waals surface area contributed by atoms with E-state index in [2.05, 4.69) is 9.97 Å². The van der Waals surface area contributed by atoms with Gasteiger partial charge in [-0.2, -0.15) is 0 Å². The van der Waals surface area contributed by atoms with Crippen molar-refractivity contribution < 1.29 is 5.11 Å². The maximum absolute atomic E-state index is 10.7. The van der Waals surface area contributed by atoms with E-state index < -0.39 is 5.60 Å². The standard InChI is InChI=1S/C14H14N2O/c17-14(10-2-1-3-11(10)14)9-4-5-12-13(8-9)16-7-6-15-12/h4-8,10-11,17H,1-3H2. The quantitative estimate of drug-likeness (QED) is 0.811. The maximum Gasteiger partial charge on any atom is 0.0961 e. The van der Waals surface area contributed by atoms with Crippen molar-refractivity contribution in [2.24, 2.45) is 11.8 Å². The van der Waals surface area contributed by atoms with Gasteiger partial charge in [0.15, 0.2) is 0 Å². The average Bonchev–Trinajstić information content (AvgIpc) is 2.79. The molecule has 2 unspecified atom stereocenters. The van der Waals surface area contributed by atoms with Crippen molar-refractivity contribution in [2.75, 3.05) is 0 Å². The fourth-order valence-corrected chi connectivity index (χ4v) is 3.56. The first-order valence-electron chi connectivity index (χ1n) is 6.24. The predicted octanol–water partition coefficient (Wildman–Crippen LogP) is 2.25. The van der Waals surface area contributed by atoms with Gasteiger partial charge < -0.3 is 5.11 Å². The van der Waals surface area contributed by atoms with Crippen LogP contribution in [0.15, 0.2) is 30.6 Å². The molecule has 86 valence electrons. The highest BCUT2D eigenvalue weighted by Gasteiger charge is 2.66. The number of benzene rings is 1. The van der Waals surface area contributed by atoms with Crippen LogP contribution in [0.5, 0.6) is 0 Å². The molecule has 3 nitrogen and oxygen atoms in total. The fourth-order valence-electron chi connectivity index (χ4n) is 3.56. The van der Waals surface area contributed by atoms with Crippen LogP contribution in [0.4, 0.5) is 0 Å². The predicted molar refractivity (Wildman–Crippen MR) is 64.3 cm³/mol. The van der Waals surface area contributed by atoms with Gasteiger partial charge in [-0.25, -0.2) is 0 Å². The maximum atomic E-state index is 10.7. The molecule has 2 fully saturated rings. The zero-order valence-corrected chi connectivity index (χ0v) is 9.50. The molecule has 0 aliphatic heterocycles. The number of hydrogen-bond donors (Lipinski definition) is 1. The molecule has 1 aromatic carbocycles. The largest absolute Gasteiger partial charge is 0.385 e. The molecule has 2 saturated carbocycles. The van der Waals surface area contributed by atoms with Gasteiger partial charge in [0.25, 0.3) is 0 Å². The van der Waals surface area contributed by atoms with Crippen LogP contribution in [0, 0.1) is 11.8 Å². The van der Waals surface area contributed by atoms with Crippen LogP contribution in [-0.2, 0) is 5.60 Å². The molecular weight excluding hydrogens is 212 g/mol. The minimum absolute atomic E-state index is 0.483. The third-order valence-electron chi connectivity index (χ3n) is 4.47. The highest BCUT2D eigenvalue weighted by molar-refractivity contribution is 5.75. The van der Waals surface area contributed by atoms with Gasteiger partial charge in [-0.15, -0.1) is 0 Å². The fraction of sp³-hybridized carbons (Fsp3) is 0.429. The Labute approximate surface area is 99.5 Å². The summed E-state index contributed by atoms with van der Waals surface area (Å²) in [5.74, 6) is 0.966. The monoisotopic (exact) mass is 226 g/mol. The van der Waals surface area contributed by atoms with E-state index in [1.54, 1.807) is 12.4 Å². The number of fused-ring (bicyclic) bond motifs is 2. The minimum atomic E-state index is -0.566. The zero-order valence-electron chi connectivity index (χ0n) is 9.50. The van der Waals surface area contributed by atoms with Crippen LogP contribution < -0.4 is 0 Å². The molecule has 4 rings (SSSR count). The summed E-state index contributed by atoms with van der Waals surface area (Å²) in [5, 5.41) is 10.7. The Hall–Kier alpha value is -1.48. The second kappa shape index (κ2) is 3.05. The van der Waals surface area contributed by atoms with Gasteiger partial charge in [0.2, 0.25) is 0 Å². The van der Waals surface area contributed by atoms with E-state index in [1.165, 1.54) is 19.3 Å². The SMILES string of the molecule is OC1(c2ccc3nccnc3c2)C2CCCC21. The lowest BCUT2D eigenvalue weighted by Crippen LogP contribution is -2.13. The van der Waals surface area contributed by atoms with Crippen LogP contribution in [0.25, 0.3) is 11.0 Å². The Bertz CT molecular complexity index is 586. The molecule has 0 bridgehead atoms. The lowest BCUT2D eigenvalue weighted by atomic mass is 9.99. The Balaban J connectivity index is 1.82. The van der Waals surface area contributed by atoms with Gasteiger partial charge >= 0.3 is 0 Å². The van der Waals surface area contributed by atoms with Crippen molar-refractivity contribution in [1.82, 2.24) is 9.97 Å². The highest BCUT2D eigenvalue weighted by atomic mass is 16.3. The van der Waals surface area contributed by atoms with E-state index in [1.807, 2.05) is 18.2 Å². The van der Waals surface area contributed by atoms with Crippen LogP contribution in [0.2, 0.25) is 0 Å². The molecule has 1 aromatic heterocycles. The Morgan fingerprint density at radius 3 is 2.53 bits per heavy atom. The first-order valence-corrected chi connectivity index (χ1v) is 6.24. The second-order valence-electron chi connectivity index (χ2n) is 5.23. The smallest absolute Gasteiger partial charge is 0.0961 e. The number of aliphatic hydroxyl groups is 1. The summed E-state index contributed by atoms with van der Waals surface area (Å²) < 4.78 is 0. The lowest BCUT2D eigenvalue weighted by molar-refractivity contribution is 0.105. The summed E-state index contributed by atoms with van der Waals surface area (Å²) in [4.78, 5) is 8.56. The molecule has 1 heterocycles. The highest BCUT2D eigenvalue weighted by Crippen LogP contribution is 2.66. The van der Waals surface area contributed by atoms with Crippen LogP contribution in [0.3, 0.4) is 0 Å². The van der Waals surface area contributed by atoms with E-state index in [4.69, 9.17) is 0 Å². The normalized spacial score (nSPS) is 34.9. The Kier molecular flexibility index (Phi) is 1.71. The van der Waals surface area contributed by atoms with Gasteiger partial charge in [0, 0.05) is 12.4 Å². The third-order valence-corrected chi connectivity index (χ3v) is 4.47. The van der Waals surface area contributed by atoms with Crippen molar-refractivity contribution in [3.8, 4) is 0 Å². The van der Waals surface area contributed by atoms with Gasteiger partial charge in [-0.1, -0.05) is 12.5 Å². The molecule has 3 heteroatoms. The molecule has 2 aromatic rings. The number of nitrogens with zero attached hydrogens (tertiary/aromatic N) is 2. The number of hydrogen-bond acceptors (Lipinski definition) is 3. The van der Waals surface area contributed by atoms with E-state index in [9.17, 15) is 5.11 Å². The molecule has 2 aliphatic rings. The summed E-state index contributed by atoms with van der Waals surface area (Å²) in [7, 11) is 0. The second-order valence-corrected chi connectivity index (χ2v) is 5.23. The Morgan fingerprint density at radius 2 is 1.76 bits per heavy atom. The van der Waals surface area contributed by atoms with Crippen molar-refractivity contribution in [1.29, 1.82) is 0 Å². The summed E-state index contributed by atoms with van der Waals surface area (Å²) in [6, 6.07) is 5.97. The van der Waals surface area contributed by atoms with Crippen LogP contribution >= 0.6 is 0 Å². The van der Waals surface area contributed by atoms with Gasteiger partial charge in [-0.3, -0.25) is 9.97 Å². The molecule has 17 heavy (non-hydrogen) atoms. The first kappa shape index (κ1) is 9.54. The average molecular weight is 226 g/mol. The minimum Gasteiger partial charge on any atom is -0.385 e. The van der Waals surface area contributed by atoms with Crippen molar-refractivity contribution in [2.45, 2.75) is 24.9 Å². The number of rotatable bonds is 1. The Morgan fingerprint density at radius 1 is 1.06 bits per heavy atom. The molecular formula is C14H14N2O. The van der Waals surface area contributed by atoms with E-state index >= 15 is 0 Å². The van der Waals surface area contributed by atoms with Crippen LogP contribution in [-0.4, -0.2) is 15.1 Å². The van der Waals surface area contributed by atoms with Crippen molar-refractivity contribution in [3.05, 3.63) is 36.2 Å². The third kappa shape index (κ3) is 1.15. The summed E-state index contributed by atoms with van der Waals surface area (Å²) >= 11 is 0. The van der Waals surface area contributed by atoms with Gasteiger partial charge in [0.1, 0.15) is 0 Å². The van der Waals surface area contributed by atoms with E-state index in [0.717, 1.165) is 16.6 Å². The topological polar surface area (TPSA) is 46.0 Å². The summed E-state index contributed by atoms with van der Waals surface area (Å²) in [5.41, 5.74) is 2.23. The van der Waals surface area contributed by atoms with E-state index in [-0.39, 0.29) is 0 Å². The zero-order chi connectivity index (χ0) is 11.5. The summed E-state index contributed by atoms with van der Waals surface area (Å²) in [6.07, 6.45) is 7.00. The molecule has 2 atom stereocenters. The van der Waals surface area contributed by atoms with Gasteiger partial charge in [-0.05, 0) is 42.4 Å². The van der Waals surface area contributed by atoms with E-state index in [0.29, 0.717) is 11.8 Å². The molecule has 0 saturated heterocycles. The summed E-state index contributed by atoms with van der Waals surface area (Å²) in [6.45, 7) is 0. The lowest BCUT2D eigenvalue weighted by Gasteiger charge is -2.14. The van der Waals surface area contributed by atoms with Crippen molar-refractivity contribution >= 4 is 11.0 Å². The molecule has 0 amide bonds. The molecule has 0 spiro atoms. The first-order chi connectivity index (χ1) is 8.30. The van der Waals surface area contributed by atoms with Crippen molar-refractivity contribution in [3.63, 3.8) is 0 Å². The molecule has 2 aliphatic carbocycles. The molecule has 1 N–H and O–H groups in total. The van der Waals surface area contributed by atoms with Gasteiger partial charge in [0.05, 0.1) is 16.6 Å². The van der Waals surface area contributed by atoms with Crippen LogP contribution in [0.1, 0.15) is 24.8 Å². The molecule has 0 radical (unpaired) electrons. The number of aromatic nitrogens is 2.